The molecule has 2 saturated carbocycles. The van der Waals surface area contributed by atoms with Crippen LogP contribution in [0.15, 0.2) is 24.3 Å². The van der Waals surface area contributed by atoms with Crippen LogP contribution in [0.2, 0.25) is 0 Å². The highest BCUT2D eigenvalue weighted by atomic mass is 19.4. The van der Waals surface area contributed by atoms with E-state index in [9.17, 15) is 26.3 Å². The van der Waals surface area contributed by atoms with Crippen LogP contribution >= 0.6 is 0 Å². The minimum atomic E-state index is -4.94. The predicted molar refractivity (Wildman–Crippen MR) is 144 cm³/mol. The normalized spacial score (nSPS) is 18.8. The van der Waals surface area contributed by atoms with E-state index < -0.39 is 23.5 Å². The third-order valence-corrected chi connectivity index (χ3v) is 8.32. The van der Waals surface area contributed by atoms with Gasteiger partial charge in [-0.05, 0) is 96.9 Å². The second-order valence-electron chi connectivity index (χ2n) is 12.1. The summed E-state index contributed by atoms with van der Waals surface area (Å²) in [7, 11) is 1.55. The smallest absolute Gasteiger partial charge is 0.356 e. The number of rotatable bonds is 10. The van der Waals surface area contributed by atoms with Gasteiger partial charge in [-0.1, -0.05) is 12.0 Å². The third kappa shape index (κ3) is 6.49. The zero-order valence-corrected chi connectivity index (χ0v) is 23.5. The first-order chi connectivity index (χ1) is 19.8. The molecular weight excluding hydrogens is 560 g/mol. The number of tetrazole rings is 1. The van der Waals surface area contributed by atoms with Gasteiger partial charge in [0.05, 0.1) is 18.2 Å². The Balaban J connectivity index is 1.40. The number of nitrogens with zero attached hydrogens (tertiary/aromatic N) is 7. The van der Waals surface area contributed by atoms with E-state index >= 15 is 0 Å². The molecule has 0 aliphatic heterocycles. The van der Waals surface area contributed by atoms with Crippen LogP contribution in [0.3, 0.4) is 0 Å². The first-order valence-corrected chi connectivity index (χ1v) is 14.4. The molecule has 3 aliphatic rings. The number of hydrogen-bond donors (Lipinski definition) is 0. The van der Waals surface area contributed by atoms with Crippen molar-refractivity contribution in [2.45, 2.75) is 76.8 Å². The topological polar surface area (TPSA) is 63.0 Å². The Morgan fingerprint density at radius 2 is 1.45 bits per heavy atom. The SMILES string of the molecule is CC1CCc2cc(CN(Cc3cc(C(F)(F)F)cc(C(F)(F)F)c3)c3nnn(C)n3)c(N(CC3CC3)CC3CC3)nc21. The maximum absolute atomic E-state index is 13.6. The van der Waals surface area contributed by atoms with Crippen LogP contribution in [0.1, 0.15) is 78.5 Å². The van der Waals surface area contributed by atoms with E-state index in [1.54, 1.807) is 11.9 Å². The zero-order valence-electron chi connectivity index (χ0n) is 23.5. The molecule has 1 atom stereocenters. The summed E-state index contributed by atoms with van der Waals surface area (Å²) in [5, 5.41) is 12.2. The van der Waals surface area contributed by atoms with Crippen molar-refractivity contribution in [3.8, 4) is 0 Å². The van der Waals surface area contributed by atoms with Crippen molar-refractivity contribution in [2.75, 3.05) is 22.9 Å². The van der Waals surface area contributed by atoms with Crippen molar-refractivity contribution in [3.05, 3.63) is 57.8 Å². The quantitative estimate of drug-likeness (QED) is 0.249. The van der Waals surface area contributed by atoms with E-state index in [-0.39, 0.29) is 30.7 Å². The number of hydrogen-bond acceptors (Lipinski definition) is 6. The minimum absolute atomic E-state index is 0.110. The summed E-state index contributed by atoms with van der Waals surface area (Å²) in [4.78, 5) is 10.3. The Labute approximate surface area is 239 Å². The lowest BCUT2D eigenvalue weighted by Gasteiger charge is -2.30. The number of halogens is 6. The minimum Gasteiger partial charge on any atom is -0.356 e. The zero-order chi connectivity index (χ0) is 29.8. The van der Waals surface area contributed by atoms with Gasteiger partial charge in [-0.15, -0.1) is 5.10 Å². The predicted octanol–water partition coefficient (Wildman–Crippen LogP) is 6.53. The molecule has 42 heavy (non-hydrogen) atoms. The fraction of sp³-hybridized carbons (Fsp3) is 0.586. The first-order valence-electron chi connectivity index (χ1n) is 14.4. The van der Waals surface area contributed by atoms with Crippen molar-refractivity contribution in [3.63, 3.8) is 0 Å². The van der Waals surface area contributed by atoms with Crippen LogP contribution in [0.25, 0.3) is 0 Å². The molecule has 3 aromatic rings. The van der Waals surface area contributed by atoms with Crippen LogP contribution in [0, 0.1) is 11.8 Å². The van der Waals surface area contributed by atoms with Crippen LogP contribution in [0.5, 0.6) is 0 Å². The Hall–Kier alpha value is -3.38. The van der Waals surface area contributed by atoms with Gasteiger partial charge in [0.2, 0.25) is 0 Å². The lowest BCUT2D eigenvalue weighted by atomic mass is 10.0. The molecule has 2 heterocycles. The Morgan fingerprint density at radius 1 is 0.833 bits per heavy atom. The van der Waals surface area contributed by atoms with Crippen molar-refractivity contribution in [1.29, 1.82) is 0 Å². The maximum Gasteiger partial charge on any atom is 0.416 e. The fourth-order valence-corrected chi connectivity index (χ4v) is 5.74. The van der Waals surface area contributed by atoms with E-state index in [2.05, 4.69) is 33.3 Å². The fourth-order valence-electron chi connectivity index (χ4n) is 5.74. The highest BCUT2D eigenvalue weighted by Gasteiger charge is 2.38. The van der Waals surface area contributed by atoms with Gasteiger partial charge in [0.15, 0.2) is 0 Å². The monoisotopic (exact) mass is 593 g/mol. The molecule has 0 amide bonds. The molecule has 2 fully saturated rings. The van der Waals surface area contributed by atoms with Gasteiger partial charge < -0.3 is 9.80 Å². The molecular formula is C29H33F6N7. The standard InChI is InChI=1S/C29H33F6N7/c1-17-3-8-21-11-22(26(36-25(17)21)41(13-18-4-5-18)14-19-6-7-19)16-42(27-37-39-40(2)38-27)15-20-9-23(28(30,31)32)12-24(10-20)29(33,34)35/h9-12,17-19H,3-8,13-16H2,1-2H3. The summed E-state index contributed by atoms with van der Waals surface area (Å²) >= 11 is 0. The Kier molecular flexibility index (Phi) is 7.33. The van der Waals surface area contributed by atoms with E-state index in [0.29, 0.717) is 17.8 Å². The van der Waals surface area contributed by atoms with Crippen molar-refractivity contribution in [2.24, 2.45) is 18.9 Å². The second kappa shape index (κ2) is 10.7. The van der Waals surface area contributed by atoms with Gasteiger partial charge in [0.1, 0.15) is 5.82 Å². The first kappa shape index (κ1) is 28.7. The molecule has 226 valence electrons. The molecule has 13 heteroatoms. The maximum atomic E-state index is 13.6. The molecule has 2 aromatic heterocycles. The summed E-state index contributed by atoms with van der Waals surface area (Å²) < 4.78 is 81.8. The Morgan fingerprint density at radius 3 is 1.98 bits per heavy atom. The molecule has 7 nitrogen and oxygen atoms in total. The van der Waals surface area contributed by atoms with Gasteiger partial charge in [-0.25, -0.2) is 4.98 Å². The van der Waals surface area contributed by atoms with Crippen LogP contribution < -0.4 is 9.80 Å². The number of alkyl halides is 6. The van der Waals surface area contributed by atoms with Gasteiger partial charge in [-0.3, -0.25) is 0 Å². The van der Waals surface area contributed by atoms with Crippen LogP contribution in [-0.4, -0.2) is 38.3 Å². The summed E-state index contributed by atoms with van der Waals surface area (Å²) in [6.07, 6.45) is -3.34. The van der Waals surface area contributed by atoms with Gasteiger partial charge in [0.25, 0.3) is 5.95 Å². The average Bonchev–Trinajstić information content (AvgIpc) is 3.84. The lowest BCUT2D eigenvalue weighted by molar-refractivity contribution is -0.143. The van der Waals surface area contributed by atoms with Gasteiger partial charge in [-0.2, -0.15) is 31.1 Å². The summed E-state index contributed by atoms with van der Waals surface area (Å²) in [6.45, 7) is 3.80. The number of fused-ring (bicyclic) bond motifs is 1. The van der Waals surface area contributed by atoms with Gasteiger partial charge in [0, 0.05) is 37.4 Å². The summed E-state index contributed by atoms with van der Waals surface area (Å²) in [5.74, 6) is 2.48. The molecule has 6 rings (SSSR count). The molecule has 0 bridgehead atoms. The molecule has 1 unspecified atom stereocenters. The van der Waals surface area contributed by atoms with Gasteiger partial charge >= 0.3 is 12.4 Å². The molecule has 0 radical (unpaired) electrons. The number of aromatic nitrogens is 5. The third-order valence-electron chi connectivity index (χ3n) is 8.32. The summed E-state index contributed by atoms with van der Waals surface area (Å²) in [5.41, 5.74) is 0.203. The highest BCUT2D eigenvalue weighted by molar-refractivity contribution is 5.54. The number of anilines is 2. The van der Waals surface area contributed by atoms with Crippen molar-refractivity contribution < 1.29 is 26.3 Å². The van der Waals surface area contributed by atoms with E-state index in [0.717, 1.165) is 60.7 Å². The molecule has 0 N–H and O–H groups in total. The van der Waals surface area contributed by atoms with E-state index in [1.807, 2.05) is 0 Å². The van der Waals surface area contributed by atoms with Crippen molar-refractivity contribution in [1.82, 2.24) is 25.2 Å². The van der Waals surface area contributed by atoms with Crippen LogP contribution in [-0.2, 0) is 38.9 Å². The Bertz CT molecular complexity index is 1390. The molecule has 1 aromatic carbocycles. The van der Waals surface area contributed by atoms with E-state index in [4.69, 9.17) is 4.98 Å². The highest BCUT2D eigenvalue weighted by Crippen LogP contribution is 2.41. The molecule has 0 spiro atoms. The molecule has 0 saturated heterocycles. The average molecular weight is 594 g/mol. The number of benzene rings is 1. The largest absolute Gasteiger partial charge is 0.416 e. The summed E-state index contributed by atoms with van der Waals surface area (Å²) in [6, 6.07) is 3.78. The lowest BCUT2D eigenvalue weighted by Crippen LogP contribution is -2.32. The van der Waals surface area contributed by atoms with Crippen LogP contribution in [0.4, 0.5) is 38.1 Å². The number of pyridine rings is 1. The second-order valence-corrected chi connectivity index (χ2v) is 12.1. The van der Waals surface area contributed by atoms with Crippen molar-refractivity contribution >= 4 is 11.8 Å². The number of aryl methyl sites for hydroxylation is 2. The van der Waals surface area contributed by atoms with E-state index in [1.165, 1.54) is 30.5 Å². The molecule has 3 aliphatic carbocycles.